The van der Waals surface area contributed by atoms with Gasteiger partial charge >= 0.3 is 0 Å². The van der Waals surface area contributed by atoms with Crippen molar-refractivity contribution in [3.05, 3.63) is 46.5 Å². The van der Waals surface area contributed by atoms with Crippen molar-refractivity contribution in [2.24, 2.45) is 0 Å². The zero-order chi connectivity index (χ0) is 23.1. The van der Waals surface area contributed by atoms with E-state index in [-0.39, 0.29) is 23.3 Å². The van der Waals surface area contributed by atoms with Crippen molar-refractivity contribution in [1.29, 1.82) is 0 Å². The zero-order valence-corrected chi connectivity index (χ0v) is 18.4. The summed E-state index contributed by atoms with van der Waals surface area (Å²) in [4.78, 5) is 30.3. The first kappa shape index (κ1) is 21.4. The number of hydrogen-bond acceptors (Lipinski definition) is 7. The monoisotopic (exact) mass is 455 g/mol. The molecule has 3 N–H and O–H groups in total. The average Bonchev–Trinajstić information content (AvgIpc) is 3.20. The minimum atomic E-state index is -1.01. The van der Waals surface area contributed by atoms with Crippen molar-refractivity contribution in [2.45, 2.75) is 50.0 Å². The molecule has 0 spiro atoms. The summed E-state index contributed by atoms with van der Waals surface area (Å²) in [5, 5.41) is 13.0. The van der Waals surface area contributed by atoms with Crippen molar-refractivity contribution in [3.8, 4) is 0 Å². The summed E-state index contributed by atoms with van der Waals surface area (Å²) in [5.41, 5.74) is 0.716. The first-order chi connectivity index (χ1) is 16.0. The lowest BCUT2D eigenvalue weighted by atomic mass is 10.2. The third-order valence-electron chi connectivity index (χ3n) is 6.32. The molecule has 11 heteroatoms. The molecule has 0 saturated heterocycles. The van der Waals surface area contributed by atoms with Gasteiger partial charge in [0.15, 0.2) is 5.65 Å². The Labute approximate surface area is 189 Å². The topological polar surface area (TPSA) is 115 Å². The lowest BCUT2D eigenvalue weighted by Gasteiger charge is -2.21. The largest absolute Gasteiger partial charge is 0.379 e. The van der Waals surface area contributed by atoms with Crippen LogP contribution in [0, 0.1) is 0 Å². The Morgan fingerprint density at radius 3 is 2.88 bits per heavy atom. The predicted molar refractivity (Wildman–Crippen MR) is 121 cm³/mol. The molecule has 10 nitrogen and oxygen atoms in total. The molecular weight excluding hydrogens is 429 g/mol. The van der Waals surface area contributed by atoms with Crippen molar-refractivity contribution >= 4 is 28.9 Å². The standard InChI is InChI=1S/C22H26FN7O3/c1-24-19-10-18(28-20-12(11-25-30(19)20)21(31)27-15-9-13(15)23)26-14-5-4-8-29(22(14)32)16-6-3-7-17(16)33-2/h4-5,8,10-11,13,15-17,24H,3,6-7,9H2,1-2H3,(H,26,28)(H,27,31)/t13-,15+,16-,17-/m0/s1. The van der Waals surface area contributed by atoms with E-state index in [4.69, 9.17) is 4.74 Å². The van der Waals surface area contributed by atoms with Crippen molar-refractivity contribution < 1.29 is 13.9 Å². The number of amides is 1. The minimum absolute atomic E-state index is 0.00608. The van der Waals surface area contributed by atoms with Crippen LogP contribution in [0.4, 0.5) is 21.7 Å². The maximum absolute atomic E-state index is 13.2. The number of alkyl halides is 1. The molecule has 3 heterocycles. The molecule has 2 aliphatic rings. The van der Waals surface area contributed by atoms with E-state index in [0.717, 1.165) is 19.3 Å². The molecule has 3 aromatic heterocycles. The molecule has 0 radical (unpaired) electrons. The van der Waals surface area contributed by atoms with Gasteiger partial charge in [-0.05, 0) is 31.4 Å². The van der Waals surface area contributed by atoms with Crippen LogP contribution < -0.4 is 21.5 Å². The molecule has 5 rings (SSSR count). The van der Waals surface area contributed by atoms with Gasteiger partial charge in [-0.15, -0.1) is 0 Å². The third-order valence-corrected chi connectivity index (χ3v) is 6.32. The maximum atomic E-state index is 13.2. The molecule has 33 heavy (non-hydrogen) atoms. The molecule has 174 valence electrons. The molecule has 4 atom stereocenters. The summed E-state index contributed by atoms with van der Waals surface area (Å²) < 4.78 is 22.0. The number of pyridine rings is 1. The Hall–Kier alpha value is -3.47. The van der Waals surface area contributed by atoms with E-state index in [1.54, 1.807) is 37.1 Å². The highest BCUT2D eigenvalue weighted by atomic mass is 19.1. The Morgan fingerprint density at radius 2 is 2.15 bits per heavy atom. The molecule has 0 unspecified atom stereocenters. The maximum Gasteiger partial charge on any atom is 0.274 e. The Bertz CT molecular complexity index is 1260. The number of rotatable bonds is 7. The molecule has 0 aromatic carbocycles. The SMILES string of the molecule is CNc1cc(Nc2cccn([C@H]3CCC[C@@H]3OC)c2=O)nc2c(C(=O)N[C@@H]3C[C@@H]3F)cnn12. The van der Waals surface area contributed by atoms with Crippen molar-refractivity contribution in [2.75, 3.05) is 24.8 Å². The van der Waals surface area contributed by atoms with Gasteiger partial charge < -0.3 is 25.3 Å². The first-order valence-electron chi connectivity index (χ1n) is 11.0. The molecule has 2 saturated carbocycles. The number of halogens is 1. The van der Waals surface area contributed by atoms with Gasteiger partial charge in [-0.1, -0.05) is 0 Å². The fraction of sp³-hybridized carbons (Fsp3) is 0.455. The number of ether oxygens (including phenoxy) is 1. The predicted octanol–water partition coefficient (Wildman–Crippen LogP) is 2.26. The molecule has 3 aromatic rings. The minimum Gasteiger partial charge on any atom is -0.379 e. The fourth-order valence-corrected chi connectivity index (χ4v) is 4.43. The summed E-state index contributed by atoms with van der Waals surface area (Å²) >= 11 is 0. The van der Waals surface area contributed by atoms with Crippen LogP contribution in [0.3, 0.4) is 0 Å². The molecule has 1 amide bonds. The number of nitrogens with one attached hydrogen (secondary N) is 3. The van der Waals surface area contributed by atoms with Crippen LogP contribution in [0.25, 0.3) is 5.65 Å². The van der Waals surface area contributed by atoms with Crippen LogP contribution in [0.1, 0.15) is 42.1 Å². The Morgan fingerprint density at radius 1 is 1.33 bits per heavy atom. The van der Waals surface area contributed by atoms with Crippen LogP contribution in [0.2, 0.25) is 0 Å². The molecular formula is C22H26FN7O3. The summed E-state index contributed by atoms with van der Waals surface area (Å²) in [6.07, 6.45) is 5.30. The number of nitrogens with zero attached hydrogens (tertiary/aromatic N) is 4. The second-order valence-electron chi connectivity index (χ2n) is 8.43. The lowest BCUT2D eigenvalue weighted by Crippen LogP contribution is -2.30. The Kier molecular flexibility index (Phi) is 5.49. The van der Waals surface area contributed by atoms with Crippen molar-refractivity contribution in [3.63, 3.8) is 0 Å². The second kappa shape index (κ2) is 8.47. The van der Waals surface area contributed by atoms with Gasteiger partial charge in [0.25, 0.3) is 11.5 Å². The number of carbonyl (C=O) groups is 1. The Balaban J connectivity index is 1.48. The number of aromatic nitrogens is 4. The molecule has 0 aliphatic heterocycles. The van der Waals surface area contributed by atoms with Crippen LogP contribution >= 0.6 is 0 Å². The summed E-state index contributed by atoms with van der Waals surface area (Å²) in [6.45, 7) is 0. The molecule has 2 fully saturated rings. The van der Waals surface area contributed by atoms with E-state index in [1.807, 2.05) is 6.07 Å². The molecule has 2 aliphatic carbocycles. The number of methoxy groups -OCH3 is 1. The van der Waals surface area contributed by atoms with E-state index in [1.165, 1.54) is 10.7 Å². The smallest absolute Gasteiger partial charge is 0.274 e. The number of carbonyl (C=O) groups excluding carboxylic acids is 1. The normalized spacial score (nSPS) is 24.1. The highest BCUT2D eigenvalue weighted by Gasteiger charge is 2.39. The zero-order valence-electron chi connectivity index (χ0n) is 18.4. The fourth-order valence-electron chi connectivity index (χ4n) is 4.43. The van der Waals surface area contributed by atoms with Crippen LogP contribution in [0.15, 0.2) is 35.4 Å². The molecule has 0 bridgehead atoms. The highest BCUT2D eigenvalue weighted by molar-refractivity contribution is 6.00. The van der Waals surface area contributed by atoms with Gasteiger partial charge in [0.05, 0.1) is 24.4 Å². The number of anilines is 3. The third kappa shape index (κ3) is 3.92. The number of fused-ring (bicyclic) bond motifs is 1. The van der Waals surface area contributed by atoms with E-state index >= 15 is 0 Å². The number of hydrogen-bond donors (Lipinski definition) is 3. The van der Waals surface area contributed by atoms with E-state index in [9.17, 15) is 14.0 Å². The van der Waals surface area contributed by atoms with Crippen LogP contribution in [-0.4, -0.2) is 57.5 Å². The van der Waals surface area contributed by atoms with E-state index in [0.29, 0.717) is 29.4 Å². The van der Waals surface area contributed by atoms with Gasteiger partial charge in [-0.2, -0.15) is 9.61 Å². The summed E-state index contributed by atoms with van der Waals surface area (Å²) in [5.74, 6) is 0.513. The van der Waals surface area contributed by atoms with E-state index in [2.05, 4.69) is 26.0 Å². The van der Waals surface area contributed by atoms with Gasteiger partial charge in [0, 0.05) is 32.8 Å². The average molecular weight is 455 g/mol. The van der Waals surface area contributed by atoms with Crippen LogP contribution in [0.5, 0.6) is 0 Å². The summed E-state index contributed by atoms with van der Waals surface area (Å²) in [7, 11) is 3.39. The van der Waals surface area contributed by atoms with Gasteiger partial charge in [-0.3, -0.25) is 9.59 Å². The van der Waals surface area contributed by atoms with Gasteiger partial charge in [0.2, 0.25) is 0 Å². The van der Waals surface area contributed by atoms with Gasteiger partial charge in [0.1, 0.15) is 29.1 Å². The van der Waals surface area contributed by atoms with Crippen LogP contribution in [-0.2, 0) is 4.74 Å². The first-order valence-corrected chi connectivity index (χ1v) is 11.0. The quantitative estimate of drug-likeness (QED) is 0.501. The van der Waals surface area contributed by atoms with E-state index < -0.39 is 18.1 Å². The lowest BCUT2D eigenvalue weighted by molar-refractivity contribution is 0.0739. The van der Waals surface area contributed by atoms with Crippen molar-refractivity contribution in [1.82, 2.24) is 24.5 Å². The second-order valence-corrected chi connectivity index (χ2v) is 8.43. The van der Waals surface area contributed by atoms with Gasteiger partial charge in [-0.25, -0.2) is 9.37 Å². The highest BCUT2D eigenvalue weighted by Crippen LogP contribution is 2.31. The summed E-state index contributed by atoms with van der Waals surface area (Å²) in [6, 6.07) is 4.72.